The van der Waals surface area contributed by atoms with E-state index in [1.54, 1.807) is 24.3 Å². The number of nitrogens with one attached hydrogen (secondary N) is 1. The van der Waals surface area contributed by atoms with Gasteiger partial charge in [-0.05, 0) is 42.2 Å². The molecule has 0 bridgehead atoms. The minimum atomic E-state index is -0.441. The smallest absolute Gasteiger partial charge is 0.338 e. The Kier molecular flexibility index (Phi) is 8.89. The Bertz CT molecular complexity index is 802. The van der Waals surface area contributed by atoms with E-state index in [1.165, 1.54) is 0 Å². The number of hydrogen-bond acceptors (Lipinski definition) is 5. The average molecular weight is 397 g/mol. The number of carbonyl (C=O) groups excluding carboxylic acids is 3. The van der Waals surface area contributed by atoms with Gasteiger partial charge >= 0.3 is 11.9 Å². The number of anilines is 1. The van der Waals surface area contributed by atoms with Crippen molar-refractivity contribution in [3.63, 3.8) is 0 Å². The third kappa shape index (κ3) is 7.78. The Labute approximate surface area is 171 Å². The van der Waals surface area contributed by atoms with Crippen LogP contribution in [0.4, 0.5) is 5.69 Å². The first-order chi connectivity index (χ1) is 14.0. The van der Waals surface area contributed by atoms with Crippen LogP contribution < -0.4 is 5.32 Å². The van der Waals surface area contributed by atoms with Crippen molar-refractivity contribution in [3.8, 4) is 0 Å². The summed E-state index contributed by atoms with van der Waals surface area (Å²) in [7, 11) is 0. The first kappa shape index (κ1) is 22.1. The zero-order valence-electron chi connectivity index (χ0n) is 16.9. The summed E-state index contributed by atoms with van der Waals surface area (Å²) in [6, 6.07) is 16.0. The molecule has 2 rings (SSSR count). The molecule has 0 fully saturated rings. The molecule has 1 unspecified atom stereocenters. The van der Waals surface area contributed by atoms with Crippen LogP contribution in [0.3, 0.4) is 0 Å². The van der Waals surface area contributed by atoms with Gasteiger partial charge in [0, 0.05) is 5.69 Å². The topological polar surface area (TPSA) is 81.7 Å². The van der Waals surface area contributed by atoms with Crippen LogP contribution in [-0.2, 0) is 19.1 Å². The molecule has 1 N–H and O–H groups in total. The third-order valence-electron chi connectivity index (χ3n) is 4.34. The van der Waals surface area contributed by atoms with Crippen molar-refractivity contribution in [3.05, 3.63) is 65.7 Å². The SMILES string of the molecule is CCCCOC(=O)c1ccc(NC(=O)COC(=O)CC(C)c2ccccc2)cc1. The molecule has 0 aliphatic heterocycles. The van der Waals surface area contributed by atoms with E-state index in [2.05, 4.69) is 5.32 Å². The molecule has 0 radical (unpaired) electrons. The van der Waals surface area contributed by atoms with Crippen LogP contribution in [-0.4, -0.2) is 31.1 Å². The first-order valence-electron chi connectivity index (χ1n) is 9.77. The summed E-state index contributed by atoms with van der Waals surface area (Å²) in [6.07, 6.45) is 1.98. The van der Waals surface area contributed by atoms with Crippen molar-refractivity contribution < 1.29 is 23.9 Å². The van der Waals surface area contributed by atoms with Gasteiger partial charge in [0.2, 0.25) is 0 Å². The lowest BCUT2D eigenvalue weighted by Crippen LogP contribution is -2.21. The summed E-state index contributed by atoms with van der Waals surface area (Å²) in [6.45, 7) is 3.99. The second kappa shape index (κ2) is 11.6. The number of benzene rings is 2. The predicted molar refractivity (Wildman–Crippen MR) is 111 cm³/mol. The van der Waals surface area contributed by atoms with E-state index in [-0.39, 0.29) is 18.9 Å². The van der Waals surface area contributed by atoms with Crippen LogP contribution >= 0.6 is 0 Å². The zero-order valence-corrected chi connectivity index (χ0v) is 16.9. The Morgan fingerprint density at radius 3 is 2.31 bits per heavy atom. The van der Waals surface area contributed by atoms with E-state index < -0.39 is 17.8 Å². The maximum atomic E-state index is 12.0. The number of amides is 1. The van der Waals surface area contributed by atoms with E-state index in [0.29, 0.717) is 17.9 Å². The van der Waals surface area contributed by atoms with Gasteiger partial charge < -0.3 is 14.8 Å². The van der Waals surface area contributed by atoms with Gasteiger partial charge in [0.1, 0.15) is 0 Å². The molecule has 6 heteroatoms. The van der Waals surface area contributed by atoms with Crippen LogP contribution in [0.25, 0.3) is 0 Å². The molecule has 6 nitrogen and oxygen atoms in total. The Morgan fingerprint density at radius 1 is 0.966 bits per heavy atom. The highest BCUT2D eigenvalue weighted by atomic mass is 16.5. The highest BCUT2D eigenvalue weighted by Crippen LogP contribution is 2.19. The molecule has 0 saturated heterocycles. The third-order valence-corrected chi connectivity index (χ3v) is 4.34. The molecule has 0 aromatic heterocycles. The van der Waals surface area contributed by atoms with Crippen molar-refractivity contribution >= 4 is 23.5 Å². The van der Waals surface area contributed by atoms with Crippen molar-refractivity contribution in [2.45, 2.75) is 39.0 Å². The highest BCUT2D eigenvalue weighted by Gasteiger charge is 2.14. The molecule has 0 saturated carbocycles. The molecule has 1 atom stereocenters. The summed E-state index contributed by atoms with van der Waals surface area (Å²) in [5, 5.41) is 2.63. The van der Waals surface area contributed by atoms with Crippen molar-refractivity contribution in [1.29, 1.82) is 0 Å². The van der Waals surface area contributed by atoms with Crippen LogP contribution in [0.15, 0.2) is 54.6 Å². The molecule has 0 spiro atoms. The van der Waals surface area contributed by atoms with Gasteiger partial charge in [0.25, 0.3) is 5.91 Å². The fraction of sp³-hybridized carbons (Fsp3) is 0.348. The number of rotatable bonds is 10. The molecule has 154 valence electrons. The Balaban J connectivity index is 1.74. The summed E-state index contributed by atoms with van der Waals surface area (Å²) >= 11 is 0. The number of hydrogen-bond donors (Lipinski definition) is 1. The molecule has 0 heterocycles. The number of unbranched alkanes of at least 4 members (excludes halogenated alkanes) is 1. The van der Waals surface area contributed by atoms with Gasteiger partial charge in [-0.2, -0.15) is 0 Å². The second-order valence-electron chi connectivity index (χ2n) is 6.79. The van der Waals surface area contributed by atoms with Crippen LogP contribution in [0.5, 0.6) is 0 Å². The van der Waals surface area contributed by atoms with Crippen molar-refractivity contribution in [1.82, 2.24) is 0 Å². The van der Waals surface area contributed by atoms with Crippen LogP contribution in [0, 0.1) is 0 Å². The van der Waals surface area contributed by atoms with Crippen molar-refractivity contribution in [2.24, 2.45) is 0 Å². The minimum absolute atomic E-state index is 0.0105. The Hall–Kier alpha value is -3.15. The fourth-order valence-corrected chi connectivity index (χ4v) is 2.63. The maximum absolute atomic E-state index is 12.0. The highest BCUT2D eigenvalue weighted by molar-refractivity contribution is 5.94. The van der Waals surface area contributed by atoms with Gasteiger partial charge in [0.05, 0.1) is 18.6 Å². The van der Waals surface area contributed by atoms with E-state index >= 15 is 0 Å². The lowest BCUT2D eigenvalue weighted by atomic mass is 9.98. The summed E-state index contributed by atoms with van der Waals surface area (Å²) in [5.41, 5.74) is 1.97. The van der Waals surface area contributed by atoms with E-state index in [4.69, 9.17) is 9.47 Å². The second-order valence-corrected chi connectivity index (χ2v) is 6.79. The van der Waals surface area contributed by atoms with E-state index in [0.717, 1.165) is 18.4 Å². The number of carbonyl (C=O) groups is 3. The van der Waals surface area contributed by atoms with E-state index in [1.807, 2.05) is 44.2 Å². The normalized spacial score (nSPS) is 11.4. The molecular weight excluding hydrogens is 370 g/mol. The fourth-order valence-electron chi connectivity index (χ4n) is 2.63. The molecular formula is C23H27NO5. The maximum Gasteiger partial charge on any atom is 0.338 e. The monoisotopic (exact) mass is 397 g/mol. The summed E-state index contributed by atoms with van der Waals surface area (Å²) in [5.74, 6) is -1.25. The lowest BCUT2D eigenvalue weighted by Gasteiger charge is -2.11. The standard InChI is InChI=1S/C23H27NO5/c1-3-4-14-28-23(27)19-10-12-20(13-11-19)24-21(25)16-29-22(26)15-17(2)18-8-6-5-7-9-18/h5-13,17H,3-4,14-16H2,1-2H3,(H,24,25). The largest absolute Gasteiger partial charge is 0.462 e. The molecule has 2 aromatic rings. The average Bonchev–Trinajstić information content (AvgIpc) is 2.73. The lowest BCUT2D eigenvalue weighted by molar-refractivity contribution is -0.147. The van der Waals surface area contributed by atoms with Gasteiger partial charge in [-0.3, -0.25) is 9.59 Å². The van der Waals surface area contributed by atoms with E-state index in [9.17, 15) is 14.4 Å². The minimum Gasteiger partial charge on any atom is -0.462 e. The molecule has 0 aliphatic rings. The van der Waals surface area contributed by atoms with Crippen LogP contribution in [0.1, 0.15) is 54.9 Å². The number of ether oxygens (including phenoxy) is 2. The molecule has 29 heavy (non-hydrogen) atoms. The van der Waals surface area contributed by atoms with Gasteiger partial charge in [-0.1, -0.05) is 50.6 Å². The van der Waals surface area contributed by atoms with Gasteiger partial charge in [0.15, 0.2) is 6.61 Å². The van der Waals surface area contributed by atoms with Crippen LogP contribution in [0.2, 0.25) is 0 Å². The predicted octanol–water partition coefficient (Wildman–Crippen LogP) is 4.32. The zero-order chi connectivity index (χ0) is 21.1. The van der Waals surface area contributed by atoms with Gasteiger partial charge in [-0.25, -0.2) is 4.79 Å². The molecule has 1 amide bonds. The summed E-state index contributed by atoms with van der Waals surface area (Å²) < 4.78 is 10.2. The molecule has 2 aromatic carbocycles. The first-order valence-corrected chi connectivity index (χ1v) is 9.77. The summed E-state index contributed by atoms with van der Waals surface area (Å²) in [4.78, 5) is 35.8. The Morgan fingerprint density at radius 2 is 1.66 bits per heavy atom. The van der Waals surface area contributed by atoms with Gasteiger partial charge in [-0.15, -0.1) is 0 Å². The van der Waals surface area contributed by atoms with Crippen molar-refractivity contribution in [2.75, 3.05) is 18.5 Å². The molecule has 0 aliphatic carbocycles. The number of esters is 2. The quantitative estimate of drug-likeness (QED) is 0.477.